The van der Waals surface area contributed by atoms with Crippen LogP contribution in [-0.2, 0) is 0 Å². The molecule has 2 fully saturated rings. The summed E-state index contributed by atoms with van der Waals surface area (Å²) in [5.74, 6) is 2.63. The van der Waals surface area contributed by atoms with E-state index in [0.29, 0.717) is 5.92 Å². The molecule has 0 aromatic carbocycles. The predicted octanol–water partition coefficient (Wildman–Crippen LogP) is 2.06. The first-order chi connectivity index (χ1) is 7.34. The van der Waals surface area contributed by atoms with Gasteiger partial charge in [0.1, 0.15) is 5.82 Å². The molecule has 2 N–H and O–H groups in total. The quantitative estimate of drug-likeness (QED) is 0.776. The Balaban J connectivity index is 1.82. The minimum atomic E-state index is 0.641. The van der Waals surface area contributed by atoms with Crippen LogP contribution in [0.3, 0.4) is 0 Å². The van der Waals surface area contributed by atoms with Crippen LogP contribution in [0.1, 0.15) is 54.7 Å². The van der Waals surface area contributed by atoms with Crippen LogP contribution in [0.25, 0.3) is 0 Å². The highest BCUT2D eigenvalue weighted by Crippen LogP contribution is 2.39. The molecule has 1 atom stereocenters. The average Bonchev–Trinajstić information content (AvgIpc) is 3.04. The van der Waals surface area contributed by atoms with Gasteiger partial charge < -0.3 is 10.3 Å². The number of hydrogen-bond acceptors (Lipinski definition) is 2. The molecule has 0 bridgehead atoms. The highest BCUT2D eigenvalue weighted by atomic mass is 15.0. The second kappa shape index (κ2) is 3.63. The number of aryl methyl sites for hydroxylation is 1. The number of H-pyrrole nitrogens is 1. The smallest absolute Gasteiger partial charge is 0.109 e. The third-order valence-electron chi connectivity index (χ3n) is 3.59. The summed E-state index contributed by atoms with van der Waals surface area (Å²) in [6, 6.07) is 0. The molecule has 0 amide bonds. The average molecular weight is 205 g/mol. The lowest BCUT2D eigenvalue weighted by molar-refractivity contribution is 0.454. The highest BCUT2D eigenvalue weighted by Gasteiger charge is 2.29. The Bertz CT molecular complexity index is 346. The normalized spacial score (nSPS) is 26.9. The first-order valence-electron chi connectivity index (χ1n) is 6.11. The molecule has 3 rings (SSSR count). The van der Waals surface area contributed by atoms with Gasteiger partial charge in [0.05, 0.1) is 5.69 Å². The van der Waals surface area contributed by atoms with Gasteiger partial charge in [0.15, 0.2) is 0 Å². The molecule has 1 aliphatic carbocycles. The Hall–Kier alpha value is -0.830. The summed E-state index contributed by atoms with van der Waals surface area (Å²) in [7, 11) is 0. The number of nitrogens with zero attached hydrogens (tertiary/aromatic N) is 1. The Labute approximate surface area is 90.7 Å². The Morgan fingerprint density at radius 1 is 1.20 bits per heavy atom. The number of nitrogens with one attached hydrogen (secondary N) is 2. The zero-order chi connectivity index (χ0) is 10.3. The van der Waals surface area contributed by atoms with Crippen LogP contribution < -0.4 is 5.32 Å². The molecule has 0 spiro atoms. The fourth-order valence-corrected chi connectivity index (χ4v) is 2.53. The van der Waals surface area contributed by atoms with E-state index in [9.17, 15) is 0 Å². The monoisotopic (exact) mass is 205 g/mol. The van der Waals surface area contributed by atoms with Crippen molar-refractivity contribution in [3.8, 4) is 0 Å². The van der Waals surface area contributed by atoms with E-state index in [1.54, 1.807) is 0 Å². The number of hydrogen-bond donors (Lipinski definition) is 2. The largest absolute Gasteiger partial charge is 0.346 e. The van der Waals surface area contributed by atoms with Gasteiger partial charge in [-0.15, -0.1) is 0 Å². The third-order valence-corrected chi connectivity index (χ3v) is 3.59. The zero-order valence-electron chi connectivity index (χ0n) is 9.34. The van der Waals surface area contributed by atoms with Crippen LogP contribution in [0.5, 0.6) is 0 Å². The van der Waals surface area contributed by atoms with Gasteiger partial charge in [-0.3, -0.25) is 0 Å². The van der Waals surface area contributed by atoms with E-state index in [-0.39, 0.29) is 0 Å². The minimum Gasteiger partial charge on any atom is -0.346 e. The van der Waals surface area contributed by atoms with Crippen molar-refractivity contribution in [2.24, 2.45) is 0 Å². The number of aromatic nitrogens is 2. The summed E-state index contributed by atoms with van der Waals surface area (Å²) < 4.78 is 0. The maximum atomic E-state index is 4.80. The van der Waals surface area contributed by atoms with Gasteiger partial charge in [-0.2, -0.15) is 0 Å². The Kier molecular flexibility index (Phi) is 2.28. The van der Waals surface area contributed by atoms with E-state index >= 15 is 0 Å². The van der Waals surface area contributed by atoms with Crippen LogP contribution in [0.4, 0.5) is 0 Å². The maximum absolute atomic E-state index is 4.80. The molecule has 1 aliphatic heterocycles. The van der Waals surface area contributed by atoms with E-state index < -0.39 is 0 Å². The first-order valence-corrected chi connectivity index (χ1v) is 6.11. The van der Waals surface area contributed by atoms with Crippen molar-refractivity contribution < 1.29 is 0 Å². The number of rotatable bonds is 2. The molecular formula is C12H19N3. The molecule has 2 aliphatic rings. The van der Waals surface area contributed by atoms with Crippen molar-refractivity contribution in [1.29, 1.82) is 0 Å². The van der Waals surface area contributed by atoms with E-state index in [1.165, 1.54) is 49.4 Å². The van der Waals surface area contributed by atoms with Crippen LogP contribution in [0.2, 0.25) is 0 Å². The van der Waals surface area contributed by atoms with Crippen LogP contribution in [0.15, 0.2) is 0 Å². The van der Waals surface area contributed by atoms with E-state index in [2.05, 4.69) is 17.2 Å². The lowest BCUT2D eigenvalue weighted by Crippen LogP contribution is -2.28. The first kappa shape index (κ1) is 9.40. The topological polar surface area (TPSA) is 40.7 Å². The van der Waals surface area contributed by atoms with Gasteiger partial charge in [0, 0.05) is 24.1 Å². The van der Waals surface area contributed by atoms with E-state index in [0.717, 1.165) is 12.5 Å². The second-order valence-corrected chi connectivity index (χ2v) is 4.95. The fraction of sp³-hybridized carbons (Fsp3) is 0.750. The van der Waals surface area contributed by atoms with Gasteiger partial charge in [-0.05, 0) is 39.2 Å². The molecule has 3 nitrogen and oxygen atoms in total. The zero-order valence-corrected chi connectivity index (χ0v) is 9.34. The number of piperidine rings is 1. The lowest BCUT2D eigenvalue weighted by atomic mass is 9.95. The molecule has 15 heavy (non-hydrogen) atoms. The summed E-state index contributed by atoms with van der Waals surface area (Å²) in [6.45, 7) is 4.45. The van der Waals surface area contributed by atoms with Crippen molar-refractivity contribution in [2.45, 2.75) is 44.4 Å². The third kappa shape index (κ3) is 1.81. The van der Waals surface area contributed by atoms with Gasteiger partial charge in [0.2, 0.25) is 0 Å². The maximum Gasteiger partial charge on any atom is 0.109 e. The van der Waals surface area contributed by atoms with E-state index in [4.69, 9.17) is 4.98 Å². The van der Waals surface area contributed by atoms with Gasteiger partial charge in [0.25, 0.3) is 0 Å². The van der Waals surface area contributed by atoms with Crippen LogP contribution in [-0.4, -0.2) is 23.1 Å². The summed E-state index contributed by atoms with van der Waals surface area (Å²) in [5, 5.41) is 3.46. The molecule has 82 valence electrons. The summed E-state index contributed by atoms with van der Waals surface area (Å²) in [6.07, 6.45) is 5.24. The minimum absolute atomic E-state index is 0.641. The fourth-order valence-electron chi connectivity index (χ4n) is 2.53. The Morgan fingerprint density at radius 2 is 2.07 bits per heavy atom. The highest BCUT2D eigenvalue weighted by molar-refractivity contribution is 5.22. The van der Waals surface area contributed by atoms with Crippen LogP contribution in [0, 0.1) is 6.92 Å². The van der Waals surface area contributed by atoms with Crippen molar-refractivity contribution in [1.82, 2.24) is 15.3 Å². The SMILES string of the molecule is Cc1[nH]c(C2CC2)nc1C1CCCNC1. The van der Waals surface area contributed by atoms with Gasteiger partial charge in [-0.25, -0.2) is 4.98 Å². The second-order valence-electron chi connectivity index (χ2n) is 4.95. The van der Waals surface area contributed by atoms with Gasteiger partial charge in [-0.1, -0.05) is 0 Å². The Morgan fingerprint density at radius 3 is 2.73 bits per heavy atom. The standard InChI is InChI=1S/C12H19N3/c1-8-11(10-3-2-6-13-7-10)15-12(14-8)9-4-5-9/h9-10,13H,2-7H2,1H3,(H,14,15). The summed E-state index contributed by atoms with van der Waals surface area (Å²) in [4.78, 5) is 8.26. The van der Waals surface area contributed by atoms with Crippen LogP contribution >= 0.6 is 0 Å². The van der Waals surface area contributed by atoms with Gasteiger partial charge >= 0.3 is 0 Å². The molecule has 1 aromatic rings. The summed E-state index contributed by atoms with van der Waals surface area (Å²) >= 11 is 0. The summed E-state index contributed by atoms with van der Waals surface area (Å²) in [5.41, 5.74) is 2.62. The number of aromatic amines is 1. The number of imidazole rings is 1. The molecule has 1 saturated carbocycles. The van der Waals surface area contributed by atoms with Crippen molar-refractivity contribution >= 4 is 0 Å². The van der Waals surface area contributed by atoms with E-state index in [1.807, 2.05) is 0 Å². The molecular weight excluding hydrogens is 186 g/mol. The lowest BCUT2D eigenvalue weighted by Gasteiger charge is -2.21. The predicted molar refractivity (Wildman–Crippen MR) is 60.1 cm³/mol. The molecule has 2 heterocycles. The molecule has 3 heteroatoms. The van der Waals surface area contributed by atoms with Crippen molar-refractivity contribution in [3.63, 3.8) is 0 Å². The molecule has 1 unspecified atom stereocenters. The molecule has 0 radical (unpaired) electrons. The van der Waals surface area contributed by atoms with Crippen molar-refractivity contribution in [3.05, 3.63) is 17.2 Å². The molecule has 1 saturated heterocycles. The van der Waals surface area contributed by atoms with Crippen molar-refractivity contribution in [2.75, 3.05) is 13.1 Å². The molecule has 1 aromatic heterocycles.